The van der Waals surface area contributed by atoms with Crippen LogP contribution in [0.1, 0.15) is 27.6 Å². The molecule has 3 aromatic rings. The van der Waals surface area contributed by atoms with Crippen molar-refractivity contribution in [3.05, 3.63) is 105 Å². The van der Waals surface area contributed by atoms with Crippen molar-refractivity contribution in [2.45, 2.75) is 6.10 Å². The van der Waals surface area contributed by atoms with Gasteiger partial charge in [0.05, 0.1) is 4.92 Å². The van der Waals surface area contributed by atoms with Gasteiger partial charge >= 0.3 is 0 Å². The predicted octanol–water partition coefficient (Wildman–Crippen LogP) is 4.58. The third-order valence-electron chi connectivity index (χ3n) is 4.01. The molecule has 0 saturated heterocycles. The third kappa shape index (κ3) is 4.31. The molecular weight excluding hydrogens is 368 g/mol. The Hall–Kier alpha value is -3.22. The number of benzene rings is 3. The van der Waals surface area contributed by atoms with Gasteiger partial charge in [0.2, 0.25) is 0 Å². The monoisotopic (exact) mass is 382 g/mol. The first-order valence-corrected chi connectivity index (χ1v) is 8.42. The Morgan fingerprint density at radius 3 is 2.33 bits per heavy atom. The van der Waals surface area contributed by atoms with E-state index >= 15 is 0 Å². The fourth-order valence-electron chi connectivity index (χ4n) is 2.62. The molecule has 0 aliphatic rings. The molecule has 3 aromatic carbocycles. The van der Waals surface area contributed by atoms with Crippen LogP contribution in [-0.2, 0) is 0 Å². The maximum Gasteiger partial charge on any atom is 0.269 e. The molecule has 3 rings (SSSR count). The van der Waals surface area contributed by atoms with Crippen LogP contribution in [0.2, 0.25) is 5.02 Å². The molecule has 0 saturated carbocycles. The number of nitrogens with one attached hydrogen (secondary N) is 1. The molecule has 1 amide bonds. The van der Waals surface area contributed by atoms with Gasteiger partial charge in [0, 0.05) is 34.0 Å². The van der Waals surface area contributed by atoms with Gasteiger partial charge in [-0.15, -0.1) is 0 Å². The summed E-state index contributed by atoms with van der Waals surface area (Å²) < 4.78 is 0. The first-order valence-electron chi connectivity index (χ1n) is 8.04. The molecular formula is C20H15ClN2O4. The van der Waals surface area contributed by atoms with E-state index in [9.17, 15) is 20.0 Å². The zero-order chi connectivity index (χ0) is 19.4. The number of anilines is 1. The van der Waals surface area contributed by atoms with Gasteiger partial charge in [-0.1, -0.05) is 41.9 Å². The van der Waals surface area contributed by atoms with Crippen molar-refractivity contribution in [2.24, 2.45) is 0 Å². The zero-order valence-corrected chi connectivity index (χ0v) is 14.8. The summed E-state index contributed by atoms with van der Waals surface area (Å²) in [5.41, 5.74) is 1.67. The average Bonchev–Trinajstić information content (AvgIpc) is 2.69. The molecule has 136 valence electrons. The number of halogens is 1. The van der Waals surface area contributed by atoms with Crippen molar-refractivity contribution in [2.75, 3.05) is 5.32 Å². The van der Waals surface area contributed by atoms with E-state index in [2.05, 4.69) is 5.32 Å². The second kappa shape index (κ2) is 7.99. The van der Waals surface area contributed by atoms with E-state index in [0.29, 0.717) is 21.8 Å². The number of hydrogen-bond donors (Lipinski definition) is 2. The number of nitro benzene ring substituents is 1. The van der Waals surface area contributed by atoms with Crippen molar-refractivity contribution in [3.8, 4) is 0 Å². The first-order chi connectivity index (χ1) is 13.0. The summed E-state index contributed by atoms with van der Waals surface area (Å²) in [4.78, 5) is 22.7. The quantitative estimate of drug-likeness (QED) is 0.499. The lowest BCUT2D eigenvalue weighted by Gasteiger charge is -2.17. The highest BCUT2D eigenvalue weighted by Gasteiger charge is 2.18. The molecule has 6 nitrogen and oxygen atoms in total. The summed E-state index contributed by atoms with van der Waals surface area (Å²) >= 11 is 6.06. The fraction of sp³-hybridized carbons (Fsp3) is 0.0500. The summed E-state index contributed by atoms with van der Waals surface area (Å²) in [6.45, 7) is 0. The smallest absolute Gasteiger partial charge is 0.269 e. The topological polar surface area (TPSA) is 92.5 Å². The molecule has 1 atom stereocenters. The van der Waals surface area contributed by atoms with Crippen molar-refractivity contribution in [3.63, 3.8) is 0 Å². The van der Waals surface area contributed by atoms with Gasteiger partial charge in [-0.05, 0) is 35.9 Å². The Labute approximate surface area is 160 Å². The molecule has 0 radical (unpaired) electrons. The lowest BCUT2D eigenvalue weighted by atomic mass is 9.99. The molecule has 0 bridgehead atoms. The fourth-order valence-corrected chi connectivity index (χ4v) is 2.80. The van der Waals surface area contributed by atoms with Gasteiger partial charge < -0.3 is 10.4 Å². The van der Waals surface area contributed by atoms with E-state index in [-0.39, 0.29) is 11.3 Å². The van der Waals surface area contributed by atoms with Crippen LogP contribution in [0.15, 0.2) is 72.8 Å². The van der Waals surface area contributed by atoms with Crippen LogP contribution >= 0.6 is 11.6 Å². The minimum Gasteiger partial charge on any atom is -0.384 e. The normalized spacial score (nSPS) is 11.6. The van der Waals surface area contributed by atoms with Crippen LogP contribution in [0, 0.1) is 10.1 Å². The van der Waals surface area contributed by atoms with Crippen LogP contribution in [0.4, 0.5) is 11.4 Å². The standard InChI is InChI=1S/C20H15ClN2O4/c21-15-8-11-18(17(12-15)19(24)13-4-2-1-3-5-13)22-20(25)14-6-9-16(10-7-14)23(26)27/h1-12,19,24H,(H,22,25)/t19-/m0/s1. The third-order valence-corrected chi connectivity index (χ3v) is 4.25. The summed E-state index contributed by atoms with van der Waals surface area (Å²) in [5.74, 6) is -0.450. The van der Waals surface area contributed by atoms with Gasteiger partial charge in [0.15, 0.2) is 0 Å². The minimum absolute atomic E-state index is 0.0989. The van der Waals surface area contributed by atoms with Gasteiger partial charge in [-0.25, -0.2) is 0 Å². The maximum atomic E-state index is 12.5. The van der Waals surface area contributed by atoms with Gasteiger partial charge in [0.1, 0.15) is 6.10 Å². The summed E-state index contributed by atoms with van der Waals surface area (Å²) in [6.07, 6.45) is -0.975. The number of aliphatic hydroxyl groups is 1. The second-order valence-corrected chi connectivity index (χ2v) is 6.24. The molecule has 0 fully saturated rings. The summed E-state index contributed by atoms with van der Waals surface area (Å²) in [5, 5.41) is 24.6. The highest BCUT2D eigenvalue weighted by atomic mass is 35.5. The molecule has 2 N–H and O–H groups in total. The first kappa shape index (κ1) is 18.6. The van der Waals surface area contributed by atoms with E-state index in [1.54, 1.807) is 42.5 Å². The zero-order valence-electron chi connectivity index (χ0n) is 14.0. The minimum atomic E-state index is -0.975. The summed E-state index contributed by atoms with van der Waals surface area (Å²) in [6, 6.07) is 19.1. The lowest BCUT2D eigenvalue weighted by molar-refractivity contribution is -0.384. The number of hydrogen-bond acceptors (Lipinski definition) is 4. The van der Waals surface area contributed by atoms with Crippen molar-refractivity contribution in [1.29, 1.82) is 0 Å². The Morgan fingerprint density at radius 2 is 1.70 bits per heavy atom. The Bertz CT molecular complexity index is 975. The van der Waals surface area contributed by atoms with Gasteiger partial charge in [-0.2, -0.15) is 0 Å². The van der Waals surface area contributed by atoms with E-state index < -0.39 is 16.9 Å². The van der Waals surface area contributed by atoms with Crippen LogP contribution in [0.5, 0.6) is 0 Å². The molecule has 0 unspecified atom stereocenters. The molecule has 0 aliphatic heterocycles. The predicted molar refractivity (Wildman–Crippen MR) is 103 cm³/mol. The largest absolute Gasteiger partial charge is 0.384 e. The number of nitro groups is 1. The second-order valence-electron chi connectivity index (χ2n) is 5.80. The highest BCUT2D eigenvalue weighted by Crippen LogP contribution is 2.31. The molecule has 7 heteroatoms. The number of rotatable bonds is 5. The van der Waals surface area contributed by atoms with Crippen LogP contribution in [0.25, 0.3) is 0 Å². The van der Waals surface area contributed by atoms with Crippen LogP contribution in [0.3, 0.4) is 0 Å². The lowest BCUT2D eigenvalue weighted by Crippen LogP contribution is -2.14. The van der Waals surface area contributed by atoms with E-state index in [4.69, 9.17) is 11.6 Å². The molecule has 0 heterocycles. The molecule has 0 spiro atoms. The van der Waals surface area contributed by atoms with Crippen LogP contribution in [-0.4, -0.2) is 15.9 Å². The number of carbonyl (C=O) groups is 1. The van der Waals surface area contributed by atoms with E-state index in [0.717, 1.165) is 0 Å². The summed E-state index contributed by atoms with van der Waals surface area (Å²) in [7, 11) is 0. The van der Waals surface area contributed by atoms with Crippen molar-refractivity contribution < 1.29 is 14.8 Å². The number of amides is 1. The molecule has 0 aliphatic carbocycles. The van der Waals surface area contributed by atoms with Crippen LogP contribution < -0.4 is 5.32 Å². The Balaban J connectivity index is 1.88. The highest BCUT2D eigenvalue weighted by molar-refractivity contribution is 6.30. The van der Waals surface area contributed by atoms with E-state index in [1.807, 2.05) is 6.07 Å². The maximum absolute atomic E-state index is 12.5. The number of non-ortho nitro benzene ring substituents is 1. The molecule has 0 aromatic heterocycles. The van der Waals surface area contributed by atoms with E-state index in [1.165, 1.54) is 24.3 Å². The number of carbonyl (C=O) groups excluding carboxylic acids is 1. The Morgan fingerprint density at radius 1 is 1.04 bits per heavy atom. The number of aliphatic hydroxyl groups excluding tert-OH is 1. The van der Waals surface area contributed by atoms with Gasteiger partial charge in [-0.3, -0.25) is 14.9 Å². The molecule has 27 heavy (non-hydrogen) atoms. The van der Waals surface area contributed by atoms with Crippen molar-refractivity contribution >= 4 is 28.9 Å². The number of nitrogens with zero attached hydrogens (tertiary/aromatic N) is 1. The van der Waals surface area contributed by atoms with Crippen molar-refractivity contribution in [1.82, 2.24) is 0 Å². The Kier molecular flexibility index (Phi) is 5.49. The average molecular weight is 383 g/mol. The van der Waals surface area contributed by atoms with Gasteiger partial charge in [0.25, 0.3) is 11.6 Å². The SMILES string of the molecule is O=C(Nc1ccc(Cl)cc1[C@@H](O)c1ccccc1)c1ccc([N+](=O)[O-])cc1.